The number of nitrogens with one attached hydrogen (secondary N) is 2. The number of rotatable bonds is 1. The Bertz CT molecular complexity index is 503. The van der Waals surface area contributed by atoms with E-state index in [0.29, 0.717) is 5.92 Å². The molecule has 0 amide bonds. The maximum absolute atomic E-state index is 4.40. The average molecular weight is 214 g/mol. The normalized spacial score (nSPS) is 18.9. The van der Waals surface area contributed by atoms with Gasteiger partial charge in [0.25, 0.3) is 0 Å². The second kappa shape index (κ2) is 3.63. The lowest BCUT2D eigenvalue weighted by Gasteiger charge is -2.23. The van der Waals surface area contributed by atoms with E-state index in [9.17, 15) is 0 Å². The molecule has 1 aromatic carbocycles. The molecule has 2 heterocycles. The summed E-state index contributed by atoms with van der Waals surface area (Å²) >= 11 is 0. The zero-order chi connectivity index (χ0) is 11.0. The fourth-order valence-electron chi connectivity index (χ4n) is 2.17. The average Bonchev–Trinajstić information content (AvgIpc) is 2.75. The molecule has 1 aliphatic rings. The minimum Gasteiger partial charge on any atom is -0.384 e. The SMILES string of the molecule is Cc1nc(C2CNc3ccccc3C2)n[nH]1. The molecule has 1 atom stereocenters. The number of hydrogen-bond acceptors (Lipinski definition) is 3. The van der Waals surface area contributed by atoms with Crippen LogP contribution in [-0.2, 0) is 6.42 Å². The van der Waals surface area contributed by atoms with E-state index in [1.54, 1.807) is 0 Å². The molecule has 0 bridgehead atoms. The Hall–Kier alpha value is -1.84. The van der Waals surface area contributed by atoms with Gasteiger partial charge >= 0.3 is 0 Å². The number of hydrogen-bond donors (Lipinski definition) is 2. The number of H-pyrrole nitrogens is 1. The quantitative estimate of drug-likeness (QED) is 0.762. The topological polar surface area (TPSA) is 53.6 Å². The number of para-hydroxylation sites is 1. The van der Waals surface area contributed by atoms with Gasteiger partial charge < -0.3 is 5.32 Å². The molecule has 2 aromatic rings. The van der Waals surface area contributed by atoms with Crippen LogP contribution in [0, 0.1) is 6.92 Å². The van der Waals surface area contributed by atoms with E-state index in [2.05, 4.69) is 44.8 Å². The van der Waals surface area contributed by atoms with Crippen LogP contribution in [0.3, 0.4) is 0 Å². The maximum atomic E-state index is 4.40. The predicted molar refractivity (Wildman–Crippen MR) is 62.5 cm³/mol. The van der Waals surface area contributed by atoms with Crippen LogP contribution in [-0.4, -0.2) is 21.7 Å². The fraction of sp³-hybridized carbons (Fsp3) is 0.333. The first-order valence-electron chi connectivity index (χ1n) is 5.53. The van der Waals surface area contributed by atoms with Crippen molar-refractivity contribution in [2.24, 2.45) is 0 Å². The summed E-state index contributed by atoms with van der Waals surface area (Å²) in [6.45, 7) is 2.84. The summed E-state index contributed by atoms with van der Waals surface area (Å²) < 4.78 is 0. The van der Waals surface area contributed by atoms with Gasteiger partial charge in [-0.1, -0.05) is 18.2 Å². The van der Waals surface area contributed by atoms with Crippen molar-refractivity contribution >= 4 is 5.69 Å². The largest absolute Gasteiger partial charge is 0.384 e. The van der Waals surface area contributed by atoms with Crippen LogP contribution in [0.25, 0.3) is 0 Å². The number of aromatic nitrogens is 3. The van der Waals surface area contributed by atoms with Crippen LogP contribution < -0.4 is 5.32 Å². The van der Waals surface area contributed by atoms with Crippen molar-refractivity contribution in [3.63, 3.8) is 0 Å². The highest BCUT2D eigenvalue weighted by molar-refractivity contribution is 5.53. The van der Waals surface area contributed by atoms with Gasteiger partial charge in [-0.3, -0.25) is 5.10 Å². The zero-order valence-corrected chi connectivity index (χ0v) is 9.20. The van der Waals surface area contributed by atoms with E-state index in [4.69, 9.17) is 0 Å². The van der Waals surface area contributed by atoms with E-state index < -0.39 is 0 Å². The standard InChI is InChI=1S/C12H14N4/c1-8-14-12(16-15-8)10-6-9-4-2-3-5-11(9)13-7-10/h2-5,10,13H,6-7H2,1H3,(H,14,15,16). The predicted octanol–water partition coefficient (Wildman–Crippen LogP) is 1.86. The maximum Gasteiger partial charge on any atom is 0.155 e. The van der Waals surface area contributed by atoms with E-state index >= 15 is 0 Å². The van der Waals surface area contributed by atoms with E-state index in [1.807, 2.05) is 6.92 Å². The van der Waals surface area contributed by atoms with Gasteiger partial charge in [0.1, 0.15) is 5.82 Å². The molecule has 0 saturated heterocycles. The van der Waals surface area contributed by atoms with Gasteiger partial charge in [-0.05, 0) is 25.0 Å². The molecule has 0 saturated carbocycles. The lowest BCUT2D eigenvalue weighted by Crippen LogP contribution is -2.22. The van der Waals surface area contributed by atoms with Crippen molar-refractivity contribution in [2.75, 3.05) is 11.9 Å². The van der Waals surface area contributed by atoms with Crippen LogP contribution in [0.15, 0.2) is 24.3 Å². The van der Waals surface area contributed by atoms with Crippen molar-refractivity contribution in [3.05, 3.63) is 41.5 Å². The molecule has 2 N–H and O–H groups in total. The molecule has 0 aliphatic carbocycles. The summed E-state index contributed by atoms with van der Waals surface area (Å²) in [5.41, 5.74) is 2.59. The minimum atomic E-state index is 0.375. The van der Waals surface area contributed by atoms with Crippen molar-refractivity contribution < 1.29 is 0 Å². The summed E-state index contributed by atoms with van der Waals surface area (Å²) in [7, 11) is 0. The molecule has 1 aliphatic heterocycles. The first-order valence-corrected chi connectivity index (χ1v) is 5.53. The third-order valence-electron chi connectivity index (χ3n) is 3.00. The molecular formula is C12H14N4. The highest BCUT2D eigenvalue weighted by Crippen LogP contribution is 2.28. The highest BCUT2D eigenvalue weighted by atomic mass is 15.2. The van der Waals surface area contributed by atoms with Gasteiger partial charge in [-0.25, -0.2) is 4.98 Å². The number of nitrogens with zero attached hydrogens (tertiary/aromatic N) is 2. The number of anilines is 1. The molecule has 16 heavy (non-hydrogen) atoms. The summed E-state index contributed by atoms with van der Waals surface area (Å²) in [6, 6.07) is 8.41. The Kier molecular flexibility index (Phi) is 2.13. The molecule has 4 nitrogen and oxygen atoms in total. The lowest BCUT2D eigenvalue weighted by molar-refractivity contribution is 0.651. The molecule has 0 spiro atoms. The monoisotopic (exact) mass is 214 g/mol. The molecule has 0 radical (unpaired) electrons. The van der Waals surface area contributed by atoms with Crippen molar-refractivity contribution in [2.45, 2.75) is 19.3 Å². The smallest absolute Gasteiger partial charge is 0.155 e. The Morgan fingerprint density at radius 1 is 1.31 bits per heavy atom. The van der Waals surface area contributed by atoms with E-state index in [-0.39, 0.29) is 0 Å². The summed E-state index contributed by atoms with van der Waals surface area (Å²) in [5, 5.41) is 10.6. The molecule has 1 unspecified atom stereocenters. The first kappa shape index (κ1) is 9.39. The molecule has 1 aromatic heterocycles. The third-order valence-corrected chi connectivity index (χ3v) is 3.00. The Balaban J connectivity index is 1.88. The van der Waals surface area contributed by atoms with E-state index in [1.165, 1.54) is 11.3 Å². The van der Waals surface area contributed by atoms with Crippen LogP contribution in [0.5, 0.6) is 0 Å². The van der Waals surface area contributed by atoms with Gasteiger partial charge in [0.15, 0.2) is 5.82 Å². The van der Waals surface area contributed by atoms with Crippen LogP contribution in [0.4, 0.5) is 5.69 Å². The highest BCUT2D eigenvalue weighted by Gasteiger charge is 2.22. The number of aryl methyl sites for hydroxylation is 1. The Labute approximate surface area is 94.1 Å². The molecule has 0 fully saturated rings. The summed E-state index contributed by atoms with van der Waals surface area (Å²) in [4.78, 5) is 4.40. The Morgan fingerprint density at radius 2 is 2.19 bits per heavy atom. The number of benzene rings is 1. The second-order valence-corrected chi connectivity index (χ2v) is 4.22. The van der Waals surface area contributed by atoms with E-state index in [0.717, 1.165) is 24.6 Å². The number of fused-ring (bicyclic) bond motifs is 1. The van der Waals surface area contributed by atoms with Crippen molar-refractivity contribution in [1.82, 2.24) is 15.2 Å². The van der Waals surface area contributed by atoms with Gasteiger partial charge in [0.2, 0.25) is 0 Å². The van der Waals surface area contributed by atoms with Crippen LogP contribution in [0.1, 0.15) is 23.1 Å². The fourth-order valence-corrected chi connectivity index (χ4v) is 2.17. The first-order chi connectivity index (χ1) is 7.83. The Morgan fingerprint density at radius 3 is 3.00 bits per heavy atom. The number of aromatic amines is 1. The summed E-state index contributed by atoms with van der Waals surface area (Å²) in [5.74, 6) is 2.17. The van der Waals surface area contributed by atoms with Gasteiger partial charge in [0.05, 0.1) is 0 Å². The molecular weight excluding hydrogens is 200 g/mol. The molecule has 82 valence electrons. The van der Waals surface area contributed by atoms with Crippen molar-refractivity contribution in [1.29, 1.82) is 0 Å². The summed E-state index contributed by atoms with van der Waals surface area (Å²) in [6.07, 6.45) is 1.01. The van der Waals surface area contributed by atoms with Gasteiger partial charge in [-0.2, -0.15) is 5.10 Å². The minimum absolute atomic E-state index is 0.375. The van der Waals surface area contributed by atoms with Crippen LogP contribution in [0.2, 0.25) is 0 Å². The zero-order valence-electron chi connectivity index (χ0n) is 9.20. The van der Waals surface area contributed by atoms with Gasteiger partial charge in [0, 0.05) is 18.2 Å². The second-order valence-electron chi connectivity index (χ2n) is 4.22. The third kappa shape index (κ3) is 1.56. The molecule has 4 heteroatoms. The van der Waals surface area contributed by atoms with Crippen LogP contribution >= 0.6 is 0 Å². The van der Waals surface area contributed by atoms with Gasteiger partial charge in [-0.15, -0.1) is 0 Å². The molecule has 3 rings (SSSR count). The van der Waals surface area contributed by atoms with Crippen molar-refractivity contribution in [3.8, 4) is 0 Å². The lowest BCUT2D eigenvalue weighted by atomic mass is 9.93.